The second-order valence-electron chi connectivity index (χ2n) is 5.74. The summed E-state index contributed by atoms with van der Waals surface area (Å²) in [7, 11) is 0. The highest BCUT2D eigenvalue weighted by Crippen LogP contribution is 2.38. The van der Waals surface area contributed by atoms with Crippen LogP contribution in [-0.2, 0) is 6.42 Å². The highest BCUT2D eigenvalue weighted by molar-refractivity contribution is 7.15. The molecule has 1 aliphatic rings. The lowest BCUT2D eigenvalue weighted by Crippen LogP contribution is -1.99. The minimum atomic E-state index is 0.250. The average molecular weight is 325 g/mol. The Hall–Kier alpha value is -2.52. The molecule has 1 aromatic carbocycles. The SMILES string of the molecule is CC(C)c1csc2nc(-c3ccc4c(c3)OCO4)c(CC#N)n12. The fraction of sp³-hybridized carbons (Fsp3) is 0.294. The number of benzene rings is 1. The summed E-state index contributed by atoms with van der Waals surface area (Å²) >= 11 is 1.61. The number of hydrogen-bond acceptors (Lipinski definition) is 5. The van der Waals surface area contributed by atoms with Crippen molar-refractivity contribution in [2.45, 2.75) is 26.2 Å². The lowest BCUT2D eigenvalue weighted by molar-refractivity contribution is 0.174. The zero-order valence-electron chi connectivity index (χ0n) is 12.9. The molecule has 3 heterocycles. The van der Waals surface area contributed by atoms with Gasteiger partial charge in [-0.3, -0.25) is 4.40 Å². The van der Waals surface area contributed by atoms with Crippen LogP contribution in [0, 0.1) is 11.3 Å². The van der Waals surface area contributed by atoms with Crippen molar-refractivity contribution < 1.29 is 9.47 Å². The van der Waals surface area contributed by atoms with Crippen LogP contribution in [0.5, 0.6) is 11.5 Å². The molecule has 4 rings (SSSR count). The van der Waals surface area contributed by atoms with Gasteiger partial charge in [0.05, 0.1) is 23.9 Å². The van der Waals surface area contributed by atoms with Crippen molar-refractivity contribution in [1.82, 2.24) is 9.38 Å². The Morgan fingerprint density at radius 3 is 2.96 bits per heavy atom. The van der Waals surface area contributed by atoms with Gasteiger partial charge in [-0.25, -0.2) is 4.98 Å². The molecule has 0 N–H and O–H groups in total. The average Bonchev–Trinajstić information content (AvgIpc) is 3.21. The van der Waals surface area contributed by atoms with Gasteiger partial charge in [-0.1, -0.05) is 13.8 Å². The van der Waals surface area contributed by atoms with Crippen LogP contribution in [0.1, 0.15) is 31.2 Å². The zero-order valence-corrected chi connectivity index (χ0v) is 13.7. The maximum atomic E-state index is 9.26. The highest BCUT2D eigenvalue weighted by Gasteiger charge is 2.21. The summed E-state index contributed by atoms with van der Waals surface area (Å²) in [6.07, 6.45) is 0.321. The number of nitrogens with zero attached hydrogens (tertiary/aromatic N) is 3. The van der Waals surface area contributed by atoms with Crippen LogP contribution in [-0.4, -0.2) is 16.2 Å². The fourth-order valence-electron chi connectivity index (χ4n) is 2.85. The van der Waals surface area contributed by atoms with Gasteiger partial charge >= 0.3 is 0 Å². The summed E-state index contributed by atoms with van der Waals surface area (Å²) in [5.41, 5.74) is 3.92. The molecule has 5 nitrogen and oxygen atoms in total. The molecule has 0 saturated heterocycles. The van der Waals surface area contributed by atoms with Gasteiger partial charge in [0.15, 0.2) is 16.5 Å². The van der Waals surface area contributed by atoms with Gasteiger partial charge in [-0.2, -0.15) is 5.26 Å². The molecular formula is C17H15N3O2S. The number of nitriles is 1. The Balaban J connectivity index is 1.93. The summed E-state index contributed by atoms with van der Waals surface area (Å²) in [6, 6.07) is 8.07. The van der Waals surface area contributed by atoms with Crippen molar-refractivity contribution >= 4 is 16.3 Å². The van der Waals surface area contributed by atoms with E-state index in [4.69, 9.17) is 14.5 Å². The highest BCUT2D eigenvalue weighted by atomic mass is 32.1. The van der Waals surface area contributed by atoms with Crippen LogP contribution < -0.4 is 9.47 Å². The van der Waals surface area contributed by atoms with Gasteiger partial charge in [0.2, 0.25) is 6.79 Å². The summed E-state index contributed by atoms with van der Waals surface area (Å²) in [6.45, 7) is 4.55. The van der Waals surface area contributed by atoms with Crippen molar-refractivity contribution in [3.63, 3.8) is 0 Å². The monoisotopic (exact) mass is 325 g/mol. The Kier molecular flexibility index (Phi) is 3.24. The van der Waals surface area contributed by atoms with E-state index < -0.39 is 0 Å². The first-order valence-corrected chi connectivity index (χ1v) is 8.32. The van der Waals surface area contributed by atoms with Gasteiger partial charge in [0.1, 0.15) is 0 Å². The third-order valence-electron chi connectivity index (χ3n) is 3.97. The number of imidazole rings is 1. The summed E-state index contributed by atoms with van der Waals surface area (Å²) in [5.74, 6) is 1.85. The molecular weight excluding hydrogens is 310 g/mol. The lowest BCUT2D eigenvalue weighted by atomic mass is 10.1. The molecule has 23 heavy (non-hydrogen) atoms. The van der Waals surface area contributed by atoms with E-state index in [0.717, 1.165) is 33.4 Å². The Labute approximate surface area is 137 Å². The summed E-state index contributed by atoms with van der Waals surface area (Å²) in [4.78, 5) is 5.69. The molecule has 0 bridgehead atoms. The smallest absolute Gasteiger partial charge is 0.231 e. The lowest BCUT2D eigenvalue weighted by Gasteiger charge is -2.07. The number of aromatic nitrogens is 2. The van der Waals surface area contributed by atoms with Gasteiger partial charge in [0, 0.05) is 16.6 Å². The minimum Gasteiger partial charge on any atom is -0.454 e. The molecule has 0 fully saturated rings. The van der Waals surface area contributed by atoms with Crippen LogP contribution >= 0.6 is 11.3 Å². The van der Waals surface area contributed by atoms with Crippen LogP contribution in [0.3, 0.4) is 0 Å². The molecule has 0 radical (unpaired) electrons. The van der Waals surface area contributed by atoms with Gasteiger partial charge in [0.25, 0.3) is 0 Å². The third-order valence-corrected chi connectivity index (χ3v) is 4.81. The van der Waals surface area contributed by atoms with Crippen LogP contribution in [0.25, 0.3) is 16.2 Å². The predicted octanol–water partition coefficient (Wildman–Crippen LogP) is 3.98. The van der Waals surface area contributed by atoms with Crippen LogP contribution in [0.4, 0.5) is 0 Å². The Morgan fingerprint density at radius 1 is 1.35 bits per heavy atom. The summed E-state index contributed by atoms with van der Waals surface area (Å²) < 4.78 is 12.9. The van der Waals surface area contributed by atoms with Crippen molar-refractivity contribution in [3.8, 4) is 28.8 Å². The molecule has 0 aliphatic carbocycles. The number of rotatable bonds is 3. The molecule has 0 amide bonds. The molecule has 3 aromatic rings. The van der Waals surface area contributed by atoms with Crippen LogP contribution in [0.15, 0.2) is 23.6 Å². The Bertz CT molecular complexity index is 933. The molecule has 1 aliphatic heterocycles. The van der Waals surface area contributed by atoms with Crippen molar-refractivity contribution in [1.29, 1.82) is 5.26 Å². The van der Waals surface area contributed by atoms with E-state index in [-0.39, 0.29) is 6.79 Å². The number of thiazole rings is 1. The molecule has 6 heteroatoms. The number of ether oxygens (including phenoxy) is 2. The first-order chi connectivity index (χ1) is 11.2. The standard InChI is InChI=1S/C17H15N3O2S/c1-10(2)13-8-23-17-19-16(12(5-6-18)20(13)17)11-3-4-14-15(7-11)22-9-21-14/h3-4,7-8,10H,5,9H2,1-2H3. The van der Waals surface area contributed by atoms with Crippen molar-refractivity contribution in [2.24, 2.45) is 0 Å². The molecule has 0 saturated carbocycles. The number of fused-ring (bicyclic) bond motifs is 2. The molecule has 0 unspecified atom stereocenters. The fourth-order valence-corrected chi connectivity index (χ4v) is 3.92. The normalized spacial score (nSPS) is 13.0. The Morgan fingerprint density at radius 2 is 2.17 bits per heavy atom. The van der Waals surface area contributed by atoms with Gasteiger partial charge in [-0.15, -0.1) is 11.3 Å². The van der Waals surface area contributed by atoms with E-state index in [2.05, 4.69) is 29.7 Å². The second kappa shape index (κ2) is 5.28. The predicted molar refractivity (Wildman–Crippen MR) is 88.0 cm³/mol. The van der Waals surface area contributed by atoms with Crippen molar-refractivity contribution in [2.75, 3.05) is 6.79 Å². The van der Waals surface area contributed by atoms with Gasteiger partial charge < -0.3 is 9.47 Å². The largest absolute Gasteiger partial charge is 0.454 e. The quantitative estimate of drug-likeness (QED) is 0.731. The molecule has 2 aromatic heterocycles. The van der Waals surface area contributed by atoms with E-state index in [1.165, 1.54) is 5.69 Å². The maximum Gasteiger partial charge on any atom is 0.231 e. The van der Waals surface area contributed by atoms with E-state index in [1.54, 1.807) is 11.3 Å². The molecule has 0 atom stereocenters. The van der Waals surface area contributed by atoms with E-state index in [9.17, 15) is 5.26 Å². The second-order valence-corrected chi connectivity index (χ2v) is 6.58. The first-order valence-electron chi connectivity index (χ1n) is 7.44. The third kappa shape index (κ3) is 2.16. The van der Waals surface area contributed by atoms with E-state index >= 15 is 0 Å². The van der Waals surface area contributed by atoms with Crippen molar-refractivity contribution in [3.05, 3.63) is 35.0 Å². The minimum absolute atomic E-state index is 0.250. The number of hydrogen-bond donors (Lipinski definition) is 0. The topological polar surface area (TPSA) is 59.5 Å². The van der Waals surface area contributed by atoms with E-state index in [1.807, 2.05) is 18.2 Å². The molecule has 0 spiro atoms. The first kappa shape index (κ1) is 14.1. The molecule has 116 valence electrons. The van der Waals surface area contributed by atoms with E-state index in [0.29, 0.717) is 12.3 Å². The maximum absolute atomic E-state index is 9.26. The van der Waals surface area contributed by atoms with Gasteiger partial charge in [-0.05, 0) is 24.1 Å². The zero-order chi connectivity index (χ0) is 16.0. The summed E-state index contributed by atoms with van der Waals surface area (Å²) in [5, 5.41) is 11.4. The van der Waals surface area contributed by atoms with Crippen LogP contribution in [0.2, 0.25) is 0 Å².